The highest BCUT2D eigenvalue weighted by Crippen LogP contribution is 2.25. The molecule has 3 nitrogen and oxygen atoms in total. The molecular weight excluding hydrogens is 190 g/mol. The molecule has 0 amide bonds. The molecule has 0 aliphatic heterocycles. The molecule has 0 aliphatic carbocycles. The van der Waals surface area contributed by atoms with Crippen LogP contribution in [0.15, 0.2) is 18.2 Å². The summed E-state index contributed by atoms with van der Waals surface area (Å²) in [5.74, 6) is 1.07. The molecule has 1 aromatic rings. The van der Waals surface area contributed by atoms with Gasteiger partial charge in [0.1, 0.15) is 11.5 Å². The summed E-state index contributed by atoms with van der Waals surface area (Å²) < 4.78 is 5.10. The van der Waals surface area contributed by atoms with Crippen LogP contribution in [-0.2, 0) is 6.42 Å². The Morgan fingerprint density at radius 1 is 1.40 bits per heavy atom. The van der Waals surface area contributed by atoms with Crippen LogP contribution in [0.3, 0.4) is 0 Å². The topological polar surface area (TPSA) is 55.5 Å². The third-order valence-electron chi connectivity index (χ3n) is 2.33. The van der Waals surface area contributed by atoms with Crippen molar-refractivity contribution in [2.24, 2.45) is 5.73 Å². The zero-order valence-electron chi connectivity index (χ0n) is 9.58. The Morgan fingerprint density at radius 3 is 2.60 bits per heavy atom. The first-order chi connectivity index (χ1) is 6.92. The van der Waals surface area contributed by atoms with E-state index in [9.17, 15) is 5.11 Å². The largest absolute Gasteiger partial charge is 0.508 e. The highest BCUT2D eigenvalue weighted by molar-refractivity contribution is 5.39. The van der Waals surface area contributed by atoms with Crippen molar-refractivity contribution in [1.29, 1.82) is 0 Å². The van der Waals surface area contributed by atoms with E-state index in [-0.39, 0.29) is 5.54 Å². The number of aryl methyl sites for hydroxylation is 1. The first-order valence-corrected chi connectivity index (χ1v) is 5.07. The molecule has 1 rings (SSSR count). The van der Waals surface area contributed by atoms with Crippen LogP contribution in [0, 0.1) is 0 Å². The molecule has 0 radical (unpaired) electrons. The minimum atomic E-state index is -0.213. The van der Waals surface area contributed by atoms with Crippen molar-refractivity contribution in [3.63, 3.8) is 0 Å². The van der Waals surface area contributed by atoms with Crippen LogP contribution in [0.5, 0.6) is 11.5 Å². The van der Waals surface area contributed by atoms with Gasteiger partial charge in [-0.25, -0.2) is 0 Å². The average molecular weight is 209 g/mol. The Labute approximate surface area is 90.9 Å². The number of hydrogen-bond donors (Lipinski definition) is 2. The third-order valence-corrected chi connectivity index (χ3v) is 2.33. The Kier molecular flexibility index (Phi) is 3.58. The number of rotatable bonds is 4. The number of phenols is 1. The van der Waals surface area contributed by atoms with Gasteiger partial charge in [-0.05, 0) is 50.5 Å². The van der Waals surface area contributed by atoms with E-state index in [1.807, 2.05) is 19.9 Å². The summed E-state index contributed by atoms with van der Waals surface area (Å²) in [6.07, 6.45) is 1.58. The van der Waals surface area contributed by atoms with Crippen LogP contribution < -0.4 is 10.5 Å². The van der Waals surface area contributed by atoms with E-state index in [2.05, 4.69) is 0 Å². The van der Waals surface area contributed by atoms with Crippen molar-refractivity contribution in [3.05, 3.63) is 23.8 Å². The molecule has 84 valence electrons. The number of benzene rings is 1. The molecule has 0 atom stereocenters. The van der Waals surface area contributed by atoms with Gasteiger partial charge in [0.15, 0.2) is 0 Å². The molecule has 3 heteroatoms. The van der Waals surface area contributed by atoms with Crippen molar-refractivity contribution in [3.8, 4) is 11.5 Å². The highest BCUT2D eigenvalue weighted by Gasteiger charge is 2.12. The van der Waals surface area contributed by atoms with Gasteiger partial charge >= 0.3 is 0 Å². The van der Waals surface area contributed by atoms with Crippen molar-refractivity contribution >= 4 is 0 Å². The maximum Gasteiger partial charge on any atom is 0.119 e. The molecule has 15 heavy (non-hydrogen) atoms. The van der Waals surface area contributed by atoms with Crippen LogP contribution in [0.1, 0.15) is 25.8 Å². The Bertz CT molecular complexity index is 329. The van der Waals surface area contributed by atoms with Gasteiger partial charge in [-0.15, -0.1) is 0 Å². The van der Waals surface area contributed by atoms with Crippen LogP contribution in [0.2, 0.25) is 0 Å². The molecule has 0 fully saturated rings. The van der Waals surface area contributed by atoms with Crippen LogP contribution in [-0.4, -0.2) is 17.8 Å². The fraction of sp³-hybridized carbons (Fsp3) is 0.500. The summed E-state index contributed by atoms with van der Waals surface area (Å²) in [6.45, 7) is 3.95. The maximum absolute atomic E-state index is 9.63. The van der Waals surface area contributed by atoms with Gasteiger partial charge < -0.3 is 15.6 Å². The van der Waals surface area contributed by atoms with E-state index in [0.29, 0.717) is 5.75 Å². The van der Waals surface area contributed by atoms with Crippen molar-refractivity contribution in [1.82, 2.24) is 0 Å². The number of hydrogen-bond acceptors (Lipinski definition) is 3. The Hall–Kier alpha value is -1.22. The molecule has 0 unspecified atom stereocenters. The average Bonchev–Trinajstić information content (AvgIpc) is 2.15. The predicted molar refractivity (Wildman–Crippen MR) is 61.2 cm³/mol. The molecule has 0 heterocycles. The van der Waals surface area contributed by atoms with Crippen LogP contribution in [0.4, 0.5) is 0 Å². The molecule has 0 spiro atoms. The minimum Gasteiger partial charge on any atom is -0.508 e. The summed E-state index contributed by atoms with van der Waals surface area (Å²) in [5, 5.41) is 9.63. The second-order valence-electron chi connectivity index (χ2n) is 4.48. The lowest BCUT2D eigenvalue weighted by Crippen LogP contribution is -2.32. The maximum atomic E-state index is 9.63. The number of nitrogens with two attached hydrogens (primary N) is 1. The normalized spacial score (nSPS) is 11.5. The number of ether oxygens (including phenoxy) is 1. The van der Waals surface area contributed by atoms with Gasteiger partial charge in [-0.2, -0.15) is 0 Å². The summed E-state index contributed by atoms with van der Waals surface area (Å²) >= 11 is 0. The zero-order valence-corrected chi connectivity index (χ0v) is 9.58. The molecular formula is C12H19NO2. The predicted octanol–water partition coefficient (Wildman–Crippen LogP) is 2.07. The first-order valence-electron chi connectivity index (χ1n) is 5.07. The van der Waals surface area contributed by atoms with Crippen molar-refractivity contribution in [2.75, 3.05) is 7.11 Å². The van der Waals surface area contributed by atoms with E-state index in [1.54, 1.807) is 19.2 Å². The van der Waals surface area contributed by atoms with E-state index in [1.165, 1.54) is 0 Å². The van der Waals surface area contributed by atoms with E-state index < -0.39 is 0 Å². The van der Waals surface area contributed by atoms with Gasteiger partial charge in [0.05, 0.1) is 7.11 Å². The molecule has 0 bridgehead atoms. The SMILES string of the molecule is COc1ccc(O)c(CCC(C)(C)N)c1. The quantitative estimate of drug-likeness (QED) is 0.798. The van der Waals surface area contributed by atoms with Crippen LogP contribution >= 0.6 is 0 Å². The highest BCUT2D eigenvalue weighted by atomic mass is 16.5. The van der Waals surface area contributed by atoms with E-state index in [0.717, 1.165) is 24.2 Å². The lowest BCUT2D eigenvalue weighted by molar-refractivity contribution is 0.408. The van der Waals surface area contributed by atoms with Gasteiger partial charge in [-0.3, -0.25) is 0 Å². The van der Waals surface area contributed by atoms with Gasteiger partial charge in [-0.1, -0.05) is 0 Å². The zero-order chi connectivity index (χ0) is 11.5. The lowest BCUT2D eigenvalue weighted by atomic mass is 9.96. The van der Waals surface area contributed by atoms with Crippen molar-refractivity contribution in [2.45, 2.75) is 32.2 Å². The molecule has 0 saturated carbocycles. The smallest absolute Gasteiger partial charge is 0.119 e. The summed E-state index contributed by atoms with van der Waals surface area (Å²) in [5.41, 5.74) is 6.56. The number of phenolic OH excluding ortho intramolecular Hbond substituents is 1. The first kappa shape index (κ1) is 11.9. The third kappa shape index (κ3) is 3.80. The molecule has 0 saturated heterocycles. The molecule has 0 aromatic heterocycles. The Balaban J connectivity index is 2.75. The summed E-state index contributed by atoms with van der Waals surface area (Å²) in [4.78, 5) is 0. The summed E-state index contributed by atoms with van der Waals surface area (Å²) in [6, 6.07) is 5.24. The van der Waals surface area contributed by atoms with E-state index in [4.69, 9.17) is 10.5 Å². The Morgan fingerprint density at radius 2 is 2.07 bits per heavy atom. The fourth-order valence-electron chi connectivity index (χ4n) is 1.35. The van der Waals surface area contributed by atoms with Gasteiger partial charge in [0.25, 0.3) is 0 Å². The molecule has 3 N–H and O–H groups in total. The monoisotopic (exact) mass is 209 g/mol. The molecule has 1 aromatic carbocycles. The van der Waals surface area contributed by atoms with Gasteiger partial charge in [0.2, 0.25) is 0 Å². The molecule has 0 aliphatic rings. The fourth-order valence-corrected chi connectivity index (χ4v) is 1.35. The minimum absolute atomic E-state index is 0.213. The van der Waals surface area contributed by atoms with Gasteiger partial charge in [0, 0.05) is 5.54 Å². The van der Waals surface area contributed by atoms with Crippen molar-refractivity contribution < 1.29 is 9.84 Å². The second-order valence-corrected chi connectivity index (χ2v) is 4.48. The van der Waals surface area contributed by atoms with Crippen LogP contribution in [0.25, 0.3) is 0 Å². The van der Waals surface area contributed by atoms with E-state index >= 15 is 0 Å². The summed E-state index contributed by atoms with van der Waals surface area (Å²) in [7, 11) is 1.61. The number of methoxy groups -OCH3 is 1. The standard InChI is InChI=1S/C12H19NO2/c1-12(2,13)7-6-9-8-10(15-3)4-5-11(9)14/h4-5,8,14H,6-7,13H2,1-3H3. The lowest BCUT2D eigenvalue weighted by Gasteiger charge is -2.18. The number of aromatic hydroxyl groups is 1. The second kappa shape index (κ2) is 4.53.